The van der Waals surface area contributed by atoms with Crippen LogP contribution >= 0.6 is 11.6 Å². The Kier molecular flexibility index (Phi) is 4.42. The predicted molar refractivity (Wildman–Crippen MR) is 59.7 cm³/mol. The van der Waals surface area contributed by atoms with Crippen LogP contribution < -0.4 is 5.32 Å². The molecule has 0 fully saturated rings. The van der Waals surface area contributed by atoms with Gasteiger partial charge in [-0.25, -0.2) is 0 Å². The summed E-state index contributed by atoms with van der Waals surface area (Å²) in [5, 5.41) is 8.32. The molecule has 80 valence electrons. The molecule has 3 nitrogen and oxygen atoms in total. The minimum Gasteiger partial charge on any atom is -0.314 e. The van der Waals surface area contributed by atoms with Crippen molar-refractivity contribution < 1.29 is 0 Å². The zero-order valence-electron chi connectivity index (χ0n) is 9.05. The van der Waals surface area contributed by atoms with Crippen molar-refractivity contribution in [2.24, 2.45) is 0 Å². The normalized spacial score (nSPS) is 13.1. The molecule has 0 aromatic carbocycles. The smallest absolute Gasteiger partial charge is 0.0814 e. The van der Waals surface area contributed by atoms with Gasteiger partial charge in [-0.05, 0) is 26.8 Å². The maximum atomic E-state index is 5.91. The summed E-state index contributed by atoms with van der Waals surface area (Å²) in [6, 6.07) is 0.530. The van der Waals surface area contributed by atoms with Gasteiger partial charge in [0, 0.05) is 12.6 Å². The zero-order valence-corrected chi connectivity index (χ0v) is 9.80. The highest BCUT2D eigenvalue weighted by Crippen LogP contribution is 2.13. The first-order chi connectivity index (χ1) is 6.65. The van der Waals surface area contributed by atoms with Crippen LogP contribution in [0.15, 0.2) is 6.20 Å². The van der Waals surface area contributed by atoms with Gasteiger partial charge in [-0.3, -0.25) is 4.68 Å². The second kappa shape index (κ2) is 5.37. The summed E-state index contributed by atoms with van der Waals surface area (Å²) in [5.41, 5.74) is 1.05. The number of aryl methyl sites for hydroxylation is 1. The molecule has 4 heteroatoms. The lowest BCUT2D eigenvalue weighted by molar-refractivity contribution is 0.463. The van der Waals surface area contributed by atoms with Gasteiger partial charge in [0.25, 0.3) is 0 Å². The number of halogens is 1. The van der Waals surface area contributed by atoms with Gasteiger partial charge in [-0.1, -0.05) is 18.5 Å². The van der Waals surface area contributed by atoms with Crippen molar-refractivity contribution in [2.45, 2.75) is 39.8 Å². The Balaban J connectivity index is 2.41. The summed E-state index contributed by atoms with van der Waals surface area (Å²) in [7, 11) is 0. The number of nitrogens with one attached hydrogen (secondary N) is 1. The lowest BCUT2D eigenvalue weighted by atomic mass is 10.2. The van der Waals surface area contributed by atoms with Crippen molar-refractivity contribution >= 4 is 11.6 Å². The van der Waals surface area contributed by atoms with E-state index in [0.29, 0.717) is 6.04 Å². The summed E-state index contributed by atoms with van der Waals surface area (Å²) < 4.78 is 1.95. The van der Waals surface area contributed by atoms with Crippen molar-refractivity contribution in [1.29, 1.82) is 0 Å². The molecule has 1 rings (SSSR count). The Bertz CT molecular complexity index is 283. The molecule has 0 radical (unpaired) electrons. The van der Waals surface area contributed by atoms with Gasteiger partial charge in [0.15, 0.2) is 0 Å². The summed E-state index contributed by atoms with van der Waals surface area (Å²) >= 11 is 5.91. The van der Waals surface area contributed by atoms with E-state index in [-0.39, 0.29) is 0 Å². The molecule has 0 spiro atoms. The van der Waals surface area contributed by atoms with Gasteiger partial charge in [0.2, 0.25) is 0 Å². The van der Waals surface area contributed by atoms with Gasteiger partial charge in [-0.2, -0.15) is 5.10 Å². The van der Waals surface area contributed by atoms with Gasteiger partial charge in [0.05, 0.1) is 16.9 Å². The Morgan fingerprint density at radius 3 is 2.86 bits per heavy atom. The van der Waals surface area contributed by atoms with E-state index in [2.05, 4.69) is 24.3 Å². The molecule has 0 aliphatic heterocycles. The third kappa shape index (κ3) is 3.00. The van der Waals surface area contributed by atoms with Crippen LogP contribution in [0.5, 0.6) is 0 Å². The fraction of sp³-hybridized carbons (Fsp3) is 0.700. The molecular weight excluding hydrogens is 198 g/mol. The topological polar surface area (TPSA) is 29.9 Å². The number of nitrogens with zero attached hydrogens (tertiary/aromatic N) is 2. The molecule has 0 saturated carbocycles. The predicted octanol–water partition coefficient (Wildman–Crippen LogP) is 2.23. The van der Waals surface area contributed by atoms with E-state index in [1.54, 1.807) is 6.20 Å². The van der Waals surface area contributed by atoms with E-state index >= 15 is 0 Å². The molecule has 0 saturated heterocycles. The van der Waals surface area contributed by atoms with Crippen LogP contribution in [-0.2, 0) is 6.54 Å². The average molecular weight is 216 g/mol. The third-order valence-electron chi connectivity index (χ3n) is 2.37. The van der Waals surface area contributed by atoms with E-state index in [1.807, 2.05) is 11.6 Å². The standard InChI is InChI=1S/C10H18ClN3/c1-4-12-8(2)5-6-14-9(3)10(11)7-13-14/h7-8,12H,4-6H2,1-3H3. The Morgan fingerprint density at radius 2 is 2.36 bits per heavy atom. The first-order valence-electron chi connectivity index (χ1n) is 5.06. The molecular formula is C10H18ClN3. The van der Waals surface area contributed by atoms with E-state index in [1.165, 1.54) is 0 Å². The van der Waals surface area contributed by atoms with Crippen LogP contribution in [0.3, 0.4) is 0 Å². The quantitative estimate of drug-likeness (QED) is 0.817. The molecule has 1 aromatic rings. The van der Waals surface area contributed by atoms with Crippen molar-refractivity contribution in [2.75, 3.05) is 6.54 Å². The minimum atomic E-state index is 0.530. The fourth-order valence-electron chi connectivity index (χ4n) is 1.42. The number of hydrogen-bond donors (Lipinski definition) is 1. The average Bonchev–Trinajstić information content (AvgIpc) is 2.46. The molecule has 0 bridgehead atoms. The molecule has 0 aliphatic rings. The van der Waals surface area contributed by atoms with Crippen LogP contribution in [-0.4, -0.2) is 22.4 Å². The number of hydrogen-bond acceptors (Lipinski definition) is 2. The highest BCUT2D eigenvalue weighted by Gasteiger charge is 2.05. The molecule has 1 unspecified atom stereocenters. The summed E-state index contributed by atoms with van der Waals surface area (Å²) in [5.74, 6) is 0. The molecule has 1 atom stereocenters. The lowest BCUT2D eigenvalue weighted by Crippen LogP contribution is -2.27. The van der Waals surface area contributed by atoms with E-state index in [9.17, 15) is 0 Å². The molecule has 0 aliphatic carbocycles. The van der Waals surface area contributed by atoms with E-state index in [0.717, 1.165) is 30.2 Å². The Hall–Kier alpha value is -0.540. The molecule has 14 heavy (non-hydrogen) atoms. The van der Waals surface area contributed by atoms with Crippen LogP contribution in [0.25, 0.3) is 0 Å². The first-order valence-corrected chi connectivity index (χ1v) is 5.44. The Morgan fingerprint density at radius 1 is 1.64 bits per heavy atom. The highest BCUT2D eigenvalue weighted by atomic mass is 35.5. The fourth-order valence-corrected chi connectivity index (χ4v) is 1.56. The van der Waals surface area contributed by atoms with Crippen LogP contribution in [0.1, 0.15) is 26.0 Å². The SMILES string of the molecule is CCNC(C)CCn1ncc(Cl)c1C. The van der Waals surface area contributed by atoms with E-state index < -0.39 is 0 Å². The van der Waals surface area contributed by atoms with E-state index in [4.69, 9.17) is 11.6 Å². The first kappa shape index (κ1) is 11.5. The zero-order chi connectivity index (χ0) is 10.6. The molecule has 0 amide bonds. The van der Waals surface area contributed by atoms with Crippen molar-refractivity contribution in [3.63, 3.8) is 0 Å². The van der Waals surface area contributed by atoms with Gasteiger partial charge in [-0.15, -0.1) is 0 Å². The van der Waals surface area contributed by atoms with Gasteiger partial charge >= 0.3 is 0 Å². The largest absolute Gasteiger partial charge is 0.314 e. The van der Waals surface area contributed by atoms with Crippen molar-refractivity contribution in [1.82, 2.24) is 15.1 Å². The molecule has 1 aromatic heterocycles. The number of aromatic nitrogens is 2. The molecule has 1 N–H and O–H groups in total. The summed E-state index contributed by atoms with van der Waals surface area (Å²) in [6.07, 6.45) is 2.78. The maximum Gasteiger partial charge on any atom is 0.0814 e. The Labute approximate surface area is 90.4 Å². The van der Waals surface area contributed by atoms with Crippen LogP contribution in [0, 0.1) is 6.92 Å². The van der Waals surface area contributed by atoms with Crippen LogP contribution in [0.2, 0.25) is 5.02 Å². The third-order valence-corrected chi connectivity index (χ3v) is 2.74. The van der Waals surface area contributed by atoms with Gasteiger partial charge < -0.3 is 5.32 Å². The number of rotatable bonds is 5. The highest BCUT2D eigenvalue weighted by molar-refractivity contribution is 6.31. The summed E-state index contributed by atoms with van der Waals surface area (Å²) in [4.78, 5) is 0. The molecule has 1 heterocycles. The van der Waals surface area contributed by atoms with Crippen molar-refractivity contribution in [3.05, 3.63) is 16.9 Å². The minimum absolute atomic E-state index is 0.530. The van der Waals surface area contributed by atoms with Crippen molar-refractivity contribution in [3.8, 4) is 0 Å². The van der Waals surface area contributed by atoms with Crippen LogP contribution in [0.4, 0.5) is 0 Å². The monoisotopic (exact) mass is 215 g/mol. The maximum absolute atomic E-state index is 5.91. The summed E-state index contributed by atoms with van der Waals surface area (Å²) in [6.45, 7) is 8.23. The second-order valence-corrected chi connectivity index (χ2v) is 3.96. The lowest BCUT2D eigenvalue weighted by Gasteiger charge is -2.12. The second-order valence-electron chi connectivity index (χ2n) is 3.55. The van der Waals surface area contributed by atoms with Gasteiger partial charge in [0.1, 0.15) is 0 Å².